The molecule has 0 spiro atoms. The molecule has 5 heteroatoms. The third-order valence-corrected chi connectivity index (χ3v) is 5.35. The molecule has 0 radical (unpaired) electrons. The number of fused-ring (bicyclic) bond motifs is 1. The van der Waals surface area contributed by atoms with Crippen LogP contribution in [-0.2, 0) is 0 Å². The summed E-state index contributed by atoms with van der Waals surface area (Å²) in [7, 11) is 1.67. The molecule has 0 amide bonds. The maximum absolute atomic E-state index is 10.8. The highest BCUT2D eigenvalue weighted by Crippen LogP contribution is 2.27. The van der Waals surface area contributed by atoms with Crippen molar-refractivity contribution in [1.82, 2.24) is 4.98 Å². The van der Waals surface area contributed by atoms with Gasteiger partial charge < -0.3 is 24.6 Å². The zero-order chi connectivity index (χ0) is 17.9. The Morgan fingerprint density at radius 2 is 1.92 bits per heavy atom. The number of aliphatic hydroxyl groups is 1. The molecule has 136 valence electrons. The highest BCUT2D eigenvalue weighted by atomic mass is 16.5. The maximum atomic E-state index is 10.8. The molecule has 1 saturated heterocycles. The average Bonchev–Trinajstić information content (AvgIpc) is 3.12. The molecule has 2 aromatic carbocycles. The van der Waals surface area contributed by atoms with Crippen LogP contribution in [0.1, 0.15) is 11.7 Å². The zero-order valence-corrected chi connectivity index (χ0v) is 15.1. The predicted molar refractivity (Wildman–Crippen MR) is 104 cm³/mol. The Hall–Kier alpha value is -2.50. The SMILES string of the molecule is COc1ccc2[nH]cc([C@H](O)C[NH+]3CCN(c4ccccc4)CC3)c2c1. The molecule has 0 bridgehead atoms. The summed E-state index contributed by atoms with van der Waals surface area (Å²) in [5.41, 5.74) is 3.27. The number of H-pyrrole nitrogens is 1. The molecule has 2 heterocycles. The van der Waals surface area contributed by atoms with Crippen LogP contribution in [0, 0.1) is 0 Å². The van der Waals surface area contributed by atoms with Gasteiger partial charge in [0.25, 0.3) is 0 Å². The van der Waals surface area contributed by atoms with Crippen molar-refractivity contribution in [3.63, 3.8) is 0 Å². The van der Waals surface area contributed by atoms with Gasteiger partial charge in [0.15, 0.2) is 0 Å². The molecule has 0 saturated carbocycles. The van der Waals surface area contributed by atoms with Gasteiger partial charge in [-0.2, -0.15) is 0 Å². The summed E-state index contributed by atoms with van der Waals surface area (Å²) >= 11 is 0. The molecule has 4 rings (SSSR count). The number of rotatable bonds is 5. The predicted octanol–water partition coefficient (Wildman–Crippen LogP) is 1.61. The molecular formula is C21H26N3O2+. The second-order valence-corrected chi connectivity index (χ2v) is 6.95. The van der Waals surface area contributed by atoms with E-state index in [1.807, 2.05) is 24.4 Å². The van der Waals surface area contributed by atoms with Crippen LogP contribution in [0.3, 0.4) is 0 Å². The molecule has 1 atom stereocenters. The van der Waals surface area contributed by atoms with Crippen LogP contribution in [0.4, 0.5) is 5.69 Å². The molecule has 1 fully saturated rings. The molecule has 3 N–H and O–H groups in total. The van der Waals surface area contributed by atoms with Crippen LogP contribution in [0.5, 0.6) is 5.75 Å². The van der Waals surface area contributed by atoms with Gasteiger partial charge in [-0.3, -0.25) is 0 Å². The molecule has 0 aliphatic carbocycles. The quantitative estimate of drug-likeness (QED) is 0.654. The fourth-order valence-electron chi connectivity index (χ4n) is 3.83. The highest BCUT2D eigenvalue weighted by Gasteiger charge is 2.24. The van der Waals surface area contributed by atoms with E-state index in [0.29, 0.717) is 0 Å². The summed E-state index contributed by atoms with van der Waals surface area (Å²) in [5, 5.41) is 11.9. The number of aromatic amines is 1. The number of nitrogens with one attached hydrogen (secondary N) is 2. The van der Waals surface area contributed by atoms with Crippen molar-refractivity contribution in [2.24, 2.45) is 0 Å². The summed E-state index contributed by atoms with van der Waals surface area (Å²) in [6, 6.07) is 16.5. The van der Waals surface area contributed by atoms with Crippen LogP contribution in [0.15, 0.2) is 54.7 Å². The first-order valence-electron chi connectivity index (χ1n) is 9.21. The van der Waals surface area contributed by atoms with Gasteiger partial charge in [-0.05, 0) is 30.3 Å². The van der Waals surface area contributed by atoms with Crippen molar-refractivity contribution >= 4 is 16.6 Å². The number of para-hydroxylation sites is 1. The van der Waals surface area contributed by atoms with Gasteiger partial charge in [0, 0.05) is 28.4 Å². The Bertz CT molecular complexity index is 854. The lowest BCUT2D eigenvalue weighted by Gasteiger charge is -2.34. The Kier molecular flexibility index (Phi) is 4.82. The van der Waals surface area contributed by atoms with Crippen LogP contribution in [0.25, 0.3) is 10.9 Å². The highest BCUT2D eigenvalue weighted by molar-refractivity contribution is 5.85. The number of benzene rings is 2. The number of quaternary nitrogens is 1. The molecule has 26 heavy (non-hydrogen) atoms. The standard InChI is InChI=1S/C21H25N3O2/c1-26-17-7-8-20-18(13-17)19(14-22-20)21(25)15-23-9-11-24(12-10-23)16-5-3-2-4-6-16/h2-8,13-14,21-22,25H,9-12,15H2,1H3/p+1/t21-/m1/s1. The first-order valence-corrected chi connectivity index (χ1v) is 9.21. The molecule has 1 aliphatic heterocycles. The van der Waals surface area contributed by atoms with E-state index in [2.05, 4.69) is 40.2 Å². The van der Waals surface area contributed by atoms with Crippen LogP contribution in [0.2, 0.25) is 0 Å². The van der Waals surface area contributed by atoms with Gasteiger partial charge in [0.2, 0.25) is 0 Å². The summed E-state index contributed by atoms with van der Waals surface area (Å²) < 4.78 is 5.32. The van der Waals surface area contributed by atoms with Crippen molar-refractivity contribution in [2.45, 2.75) is 6.10 Å². The van der Waals surface area contributed by atoms with E-state index in [1.54, 1.807) is 7.11 Å². The minimum Gasteiger partial charge on any atom is -0.497 e. The lowest BCUT2D eigenvalue weighted by molar-refractivity contribution is -0.904. The average molecular weight is 352 g/mol. The molecule has 3 aromatic rings. The molecular weight excluding hydrogens is 326 g/mol. The van der Waals surface area contributed by atoms with Crippen LogP contribution < -0.4 is 14.5 Å². The molecule has 1 aromatic heterocycles. The number of aromatic nitrogens is 1. The van der Waals surface area contributed by atoms with Crippen LogP contribution >= 0.6 is 0 Å². The van der Waals surface area contributed by atoms with Crippen molar-refractivity contribution in [2.75, 3.05) is 44.7 Å². The number of aliphatic hydroxyl groups excluding tert-OH is 1. The summed E-state index contributed by atoms with van der Waals surface area (Å²) in [4.78, 5) is 7.12. The van der Waals surface area contributed by atoms with E-state index in [0.717, 1.165) is 54.9 Å². The number of nitrogens with zero attached hydrogens (tertiary/aromatic N) is 1. The Balaban J connectivity index is 1.41. The van der Waals surface area contributed by atoms with E-state index in [4.69, 9.17) is 4.74 Å². The number of hydrogen-bond acceptors (Lipinski definition) is 3. The number of methoxy groups -OCH3 is 1. The minimum absolute atomic E-state index is 0.478. The minimum atomic E-state index is -0.478. The van der Waals surface area contributed by atoms with E-state index < -0.39 is 6.10 Å². The Morgan fingerprint density at radius 1 is 1.15 bits per heavy atom. The van der Waals surface area contributed by atoms with Crippen molar-refractivity contribution in [1.29, 1.82) is 0 Å². The van der Waals surface area contributed by atoms with E-state index in [-0.39, 0.29) is 0 Å². The van der Waals surface area contributed by atoms with Gasteiger partial charge >= 0.3 is 0 Å². The van der Waals surface area contributed by atoms with Crippen LogP contribution in [-0.4, -0.2) is 49.9 Å². The third kappa shape index (κ3) is 3.41. The number of ether oxygens (including phenoxy) is 1. The number of hydrogen-bond donors (Lipinski definition) is 3. The lowest BCUT2D eigenvalue weighted by Crippen LogP contribution is -3.15. The third-order valence-electron chi connectivity index (χ3n) is 5.35. The second-order valence-electron chi connectivity index (χ2n) is 6.95. The normalized spacial score (nSPS) is 16.8. The Morgan fingerprint density at radius 3 is 2.65 bits per heavy atom. The summed E-state index contributed by atoms with van der Waals surface area (Å²) in [6.45, 7) is 4.85. The fraction of sp³-hybridized carbons (Fsp3) is 0.333. The fourth-order valence-corrected chi connectivity index (χ4v) is 3.83. The monoisotopic (exact) mass is 352 g/mol. The first-order chi connectivity index (χ1) is 12.7. The van der Waals surface area contributed by atoms with Gasteiger partial charge in [0.05, 0.1) is 33.3 Å². The summed E-state index contributed by atoms with van der Waals surface area (Å²) in [5.74, 6) is 0.814. The number of piperazine rings is 1. The van der Waals surface area contributed by atoms with Gasteiger partial charge in [-0.15, -0.1) is 0 Å². The van der Waals surface area contributed by atoms with E-state index in [9.17, 15) is 5.11 Å². The van der Waals surface area contributed by atoms with Crippen molar-refractivity contribution in [3.8, 4) is 5.75 Å². The number of anilines is 1. The second kappa shape index (κ2) is 7.40. The largest absolute Gasteiger partial charge is 0.497 e. The van der Waals surface area contributed by atoms with Gasteiger partial charge in [-0.25, -0.2) is 0 Å². The smallest absolute Gasteiger partial charge is 0.130 e. The Labute approximate surface area is 153 Å². The summed E-state index contributed by atoms with van der Waals surface area (Å²) in [6.07, 6.45) is 1.45. The molecule has 0 unspecified atom stereocenters. The van der Waals surface area contributed by atoms with E-state index >= 15 is 0 Å². The molecule has 1 aliphatic rings. The van der Waals surface area contributed by atoms with Crippen molar-refractivity contribution in [3.05, 3.63) is 60.3 Å². The topological polar surface area (TPSA) is 52.9 Å². The first kappa shape index (κ1) is 16.9. The lowest BCUT2D eigenvalue weighted by atomic mass is 10.1. The van der Waals surface area contributed by atoms with E-state index in [1.165, 1.54) is 10.6 Å². The molecule has 5 nitrogen and oxygen atoms in total. The maximum Gasteiger partial charge on any atom is 0.130 e. The van der Waals surface area contributed by atoms with Crippen molar-refractivity contribution < 1.29 is 14.7 Å². The van der Waals surface area contributed by atoms with Gasteiger partial charge in [0.1, 0.15) is 18.4 Å². The zero-order valence-electron chi connectivity index (χ0n) is 15.1. The van der Waals surface area contributed by atoms with Gasteiger partial charge in [-0.1, -0.05) is 18.2 Å².